The van der Waals surface area contributed by atoms with Gasteiger partial charge in [0.15, 0.2) is 0 Å². The van der Waals surface area contributed by atoms with Crippen LogP contribution >= 0.6 is 15.9 Å². The summed E-state index contributed by atoms with van der Waals surface area (Å²) >= 11 is 3.48. The van der Waals surface area contributed by atoms with Gasteiger partial charge in [0.25, 0.3) is 0 Å². The van der Waals surface area contributed by atoms with E-state index in [2.05, 4.69) is 41.9 Å². The third-order valence-electron chi connectivity index (χ3n) is 3.09. The van der Waals surface area contributed by atoms with Gasteiger partial charge in [0.2, 0.25) is 0 Å². The van der Waals surface area contributed by atoms with Crippen molar-refractivity contribution in [2.75, 3.05) is 0 Å². The van der Waals surface area contributed by atoms with Gasteiger partial charge in [-0.2, -0.15) is 0 Å². The van der Waals surface area contributed by atoms with Gasteiger partial charge >= 0.3 is 0 Å². The predicted octanol–water partition coefficient (Wildman–Crippen LogP) is 4.65. The molecular formula is C16H17BrO. The number of rotatable bonds is 3. The SMILES string of the molecule is CC(C)c1cccc([C@H](O)c2ccccc2Br)c1. The maximum Gasteiger partial charge on any atom is 0.105 e. The number of hydrogen-bond acceptors (Lipinski definition) is 1. The van der Waals surface area contributed by atoms with Crippen LogP contribution in [0.2, 0.25) is 0 Å². The highest BCUT2D eigenvalue weighted by Gasteiger charge is 2.13. The molecule has 0 spiro atoms. The fourth-order valence-electron chi connectivity index (χ4n) is 1.96. The summed E-state index contributed by atoms with van der Waals surface area (Å²) in [6, 6.07) is 15.9. The maximum atomic E-state index is 10.4. The highest BCUT2D eigenvalue weighted by Crippen LogP contribution is 2.29. The van der Waals surface area contributed by atoms with Gasteiger partial charge in [0.05, 0.1) is 0 Å². The Bertz CT molecular complexity index is 534. The number of halogens is 1. The van der Waals surface area contributed by atoms with Crippen LogP contribution in [0.5, 0.6) is 0 Å². The van der Waals surface area contributed by atoms with Crippen molar-refractivity contribution in [3.8, 4) is 0 Å². The lowest BCUT2D eigenvalue weighted by Gasteiger charge is -2.15. The molecule has 0 unspecified atom stereocenters. The summed E-state index contributed by atoms with van der Waals surface area (Å²) in [5.41, 5.74) is 3.09. The van der Waals surface area contributed by atoms with E-state index in [0.29, 0.717) is 5.92 Å². The number of hydrogen-bond donors (Lipinski definition) is 1. The van der Waals surface area contributed by atoms with Crippen LogP contribution in [0, 0.1) is 0 Å². The first-order chi connectivity index (χ1) is 8.59. The predicted molar refractivity (Wildman–Crippen MR) is 78.7 cm³/mol. The van der Waals surface area contributed by atoms with E-state index in [1.54, 1.807) is 0 Å². The van der Waals surface area contributed by atoms with Crippen molar-refractivity contribution in [1.29, 1.82) is 0 Å². The lowest BCUT2D eigenvalue weighted by atomic mass is 9.96. The Labute approximate surface area is 117 Å². The molecule has 2 aromatic rings. The van der Waals surface area contributed by atoms with Gasteiger partial charge < -0.3 is 5.11 Å². The van der Waals surface area contributed by atoms with Gasteiger partial charge in [0.1, 0.15) is 6.10 Å². The first-order valence-electron chi connectivity index (χ1n) is 6.12. The van der Waals surface area contributed by atoms with Gasteiger partial charge in [-0.3, -0.25) is 0 Å². The summed E-state index contributed by atoms with van der Waals surface area (Å²) in [7, 11) is 0. The summed E-state index contributed by atoms with van der Waals surface area (Å²) in [4.78, 5) is 0. The van der Waals surface area contributed by atoms with Crippen LogP contribution in [-0.4, -0.2) is 5.11 Å². The van der Waals surface area contributed by atoms with E-state index >= 15 is 0 Å². The zero-order valence-corrected chi connectivity index (χ0v) is 12.2. The molecule has 0 saturated heterocycles. The number of benzene rings is 2. The lowest BCUT2D eigenvalue weighted by molar-refractivity contribution is 0.219. The Morgan fingerprint density at radius 3 is 2.28 bits per heavy atom. The molecule has 0 aromatic heterocycles. The van der Waals surface area contributed by atoms with Gasteiger partial charge in [-0.25, -0.2) is 0 Å². The van der Waals surface area contributed by atoms with Crippen LogP contribution in [0.25, 0.3) is 0 Å². The van der Waals surface area contributed by atoms with Crippen molar-refractivity contribution in [2.24, 2.45) is 0 Å². The van der Waals surface area contributed by atoms with Crippen molar-refractivity contribution in [1.82, 2.24) is 0 Å². The average molecular weight is 305 g/mol. The second-order valence-corrected chi connectivity index (χ2v) is 5.60. The Morgan fingerprint density at radius 1 is 0.944 bits per heavy atom. The molecule has 1 N–H and O–H groups in total. The van der Waals surface area contributed by atoms with Crippen molar-refractivity contribution in [3.05, 3.63) is 69.7 Å². The van der Waals surface area contributed by atoms with Gasteiger partial charge in [-0.05, 0) is 28.7 Å². The first-order valence-corrected chi connectivity index (χ1v) is 6.91. The zero-order valence-electron chi connectivity index (χ0n) is 10.6. The molecule has 0 aliphatic heterocycles. The van der Waals surface area contributed by atoms with Crippen LogP contribution in [0.1, 0.15) is 42.6 Å². The topological polar surface area (TPSA) is 20.2 Å². The number of aliphatic hydroxyl groups excluding tert-OH is 1. The Hall–Kier alpha value is -1.12. The normalized spacial score (nSPS) is 12.7. The summed E-state index contributed by atoms with van der Waals surface area (Å²) in [6.45, 7) is 4.31. The molecule has 0 fully saturated rings. The molecule has 0 saturated carbocycles. The molecule has 18 heavy (non-hydrogen) atoms. The maximum absolute atomic E-state index is 10.4. The van der Waals surface area contributed by atoms with E-state index in [4.69, 9.17) is 0 Å². The third-order valence-corrected chi connectivity index (χ3v) is 3.82. The smallest absolute Gasteiger partial charge is 0.105 e. The van der Waals surface area contributed by atoms with Gasteiger partial charge in [0, 0.05) is 4.47 Å². The quantitative estimate of drug-likeness (QED) is 0.875. The van der Waals surface area contributed by atoms with E-state index in [0.717, 1.165) is 15.6 Å². The van der Waals surface area contributed by atoms with E-state index in [-0.39, 0.29) is 0 Å². The fourth-order valence-corrected chi connectivity index (χ4v) is 2.47. The summed E-state index contributed by atoms with van der Waals surface area (Å²) in [5, 5.41) is 10.4. The van der Waals surface area contributed by atoms with E-state index in [9.17, 15) is 5.11 Å². The monoisotopic (exact) mass is 304 g/mol. The molecule has 1 nitrogen and oxygen atoms in total. The highest BCUT2D eigenvalue weighted by atomic mass is 79.9. The minimum absolute atomic E-state index is 0.469. The Balaban J connectivity index is 2.37. The third kappa shape index (κ3) is 2.82. The molecule has 0 amide bonds. The highest BCUT2D eigenvalue weighted by molar-refractivity contribution is 9.10. The first kappa shape index (κ1) is 13.3. The Kier molecular flexibility index (Phi) is 4.20. The summed E-state index contributed by atoms with van der Waals surface area (Å²) in [5.74, 6) is 0.469. The van der Waals surface area contributed by atoms with Crippen molar-refractivity contribution < 1.29 is 5.11 Å². The van der Waals surface area contributed by atoms with Crippen LogP contribution in [0.15, 0.2) is 53.0 Å². The lowest BCUT2D eigenvalue weighted by Crippen LogP contribution is -2.01. The van der Waals surface area contributed by atoms with Crippen molar-refractivity contribution >= 4 is 15.9 Å². The molecule has 0 radical (unpaired) electrons. The second kappa shape index (κ2) is 5.68. The molecule has 1 atom stereocenters. The van der Waals surface area contributed by atoms with Gasteiger partial charge in [-0.1, -0.05) is 72.2 Å². The van der Waals surface area contributed by atoms with Gasteiger partial charge in [-0.15, -0.1) is 0 Å². The zero-order chi connectivity index (χ0) is 13.1. The van der Waals surface area contributed by atoms with E-state index < -0.39 is 6.10 Å². The minimum atomic E-state index is -0.584. The van der Waals surface area contributed by atoms with Crippen LogP contribution in [-0.2, 0) is 0 Å². The molecule has 2 rings (SSSR count). The van der Waals surface area contributed by atoms with E-state index in [1.165, 1.54) is 5.56 Å². The average Bonchev–Trinajstić information content (AvgIpc) is 2.38. The standard InChI is InChI=1S/C16H17BrO/c1-11(2)12-6-5-7-13(10-12)16(18)14-8-3-4-9-15(14)17/h3-11,16,18H,1-2H3/t16-/m0/s1. The van der Waals surface area contributed by atoms with Crippen LogP contribution in [0.4, 0.5) is 0 Å². The molecule has 94 valence electrons. The molecular weight excluding hydrogens is 288 g/mol. The van der Waals surface area contributed by atoms with Crippen molar-refractivity contribution in [3.63, 3.8) is 0 Å². The molecule has 0 aliphatic rings. The summed E-state index contributed by atoms with van der Waals surface area (Å²) < 4.78 is 0.937. The number of aliphatic hydroxyl groups is 1. The molecule has 2 heteroatoms. The Morgan fingerprint density at radius 2 is 1.61 bits per heavy atom. The van der Waals surface area contributed by atoms with Crippen LogP contribution < -0.4 is 0 Å². The molecule has 0 bridgehead atoms. The van der Waals surface area contributed by atoms with Crippen LogP contribution in [0.3, 0.4) is 0 Å². The molecule has 2 aromatic carbocycles. The largest absolute Gasteiger partial charge is 0.384 e. The fraction of sp³-hybridized carbons (Fsp3) is 0.250. The van der Waals surface area contributed by atoms with Crippen molar-refractivity contribution in [2.45, 2.75) is 25.9 Å². The van der Waals surface area contributed by atoms with E-state index in [1.807, 2.05) is 36.4 Å². The molecule has 0 aliphatic carbocycles. The molecule has 0 heterocycles. The summed E-state index contributed by atoms with van der Waals surface area (Å²) in [6.07, 6.45) is -0.584. The second-order valence-electron chi connectivity index (χ2n) is 4.75. The minimum Gasteiger partial charge on any atom is -0.384 e.